The highest BCUT2D eigenvalue weighted by atomic mass is 32.2. The first-order valence-corrected chi connectivity index (χ1v) is 8.15. The van der Waals surface area contributed by atoms with Crippen LogP contribution >= 0.6 is 0 Å². The van der Waals surface area contributed by atoms with Crippen LogP contribution in [0.4, 0.5) is 0 Å². The van der Waals surface area contributed by atoms with Crippen LogP contribution in [0, 0.1) is 0 Å². The molecule has 1 aliphatic rings. The molecule has 0 unspecified atom stereocenters. The van der Waals surface area contributed by atoms with Gasteiger partial charge in [-0.25, -0.2) is 8.42 Å². The van der Waals surface area contributed by atoms with Crippen molar-refractivity contribution in [3.63, 3.8) is 0 Å². The van der Waals surface area contributed by atoms with E-state index in [2.05, 4.69) is 6.58 Å². The van der Waals surface area contributed by atoms with Crippen LogP contribution in [0.3, 0.4) is 0 Å². The molecule has 0 saturated carbocycles. The third-order valence-corrected chi connectivity index (χ3v) is 5.77. The lowest BCUT2D eigenvalue weighted by molar-refractivity contribution is 0.0536. The summed E-state index contributed by atoms with van der Waals surface area (Å²) in [4.78, 5) is 0.366. The van der Waals surface area contributed by atoms with E-state index in [1.165, 1.54) is 0 Å². The normalized spacial score (nSPS) is 25.1. The SMILES string of the molecule is C=CC[C@H]([C@@H]1CC[C@H](C)O1)S(=O)(=O)c1ccccc1. The zero-order chi connectivity index (χ0) is 13.9. The Bertz CT molecular complexity index is 522. The summed E-state index contributed by atoms with van der Waals surface area (Å²) in [6.45, 7) is 5.66. The standard InChI is InChI=1S/C15H20O3S/c1-3-7-15(14-11-10-12(2)18-14)19(16,17)13-8-5-4-6-9-13/h3-6,8-9,12,14-15H,1,7,10-11H2,2H3/t12-,14-,15+/m0/s1. The van der Waals surface area contributed by atoms with Gasteiger partial charge in [-0.15, -0.1) is 6.58 Å². The molecule has 0 spiro atoms. The number of hydrogen-bond acceptors (Lipinski definition) is 3. The Balaban J connectivity index is 2.31. The Morgan fingerprint density at radius 2 is 2.05 bits per heavy atom. The van der Waals surface area contributed by atoms with Gasteiger partial charge in [0.1, 0.15) is 0 Å². The fraction of sp³-hybridized carbons (Fsp3) is 0.467. The van der Waals surface area contributed by atoms with E-state index in [4.69, 9.17) is 4.74 Å². The molecule has 0 radical (unpaired) electrons. The van der Waals surface area contributed by atoms with Crippen LogP contribution in [-0.4, -0.2) is 25.9 Å². The van der Waals surface area contributed by atoms with E-state index in [9.17, 15) is 8.42 Å². The molecule has 1 fully saturated rings. The van der Waals surface area contributed by atoms with Crippen molar-refractivity contribution in [2.45, 2.75) is 48.5 Å². The third-order valence-electron chi connectivity index (χ3n) is 3.55. The number of benzene rings is 1. The lowest BCUT2D eigenvalue weighted by Crippen LogP contribution is -2.34. The maximum atomic E-state index is 12.7. The molecule has 1 aromatic carbocycles. The van der Waals surface area contributed by atoms with Crippen LogP contribution in [0.5, 0.6) is 0 Å². The molecule has 1 saturated heterocycles. The van der Waals surface area contributed by atoms with Crippen molar-refractivity contribution in [1.82, 2.24) is 0 Å². The molecule has 19 heavy (non-hydrogen) atoms. The Kier molecular flexibility index (Phi) is 4.42. The van der Waals surface area contributed by atoms with E-state index < -0.39 is 15.1 Å². The smallest absolute Gasteiger partial charge is 0.184 e. The lowest BCUT2D eigenvalue weighted by Gasteiger charge is -2.22. The first-order valence-electron chi connectivity index (χ1n) is 6.61. The predicted octanol–water partition coefficient (Wildman–Crippen LogP) is 2.97. The van der Waals surface area contributed by atoms with Crippen LogP contribution in [-0.2, 0) is 14.6 Å². The number of allylic oxidation sites excluding steroid dienone is 1. The topological polar surface area (TPSA) is 43.4 Å². The summed E-state index contributed by atoms with van der Waals surface area (Å²) >= 11 is 0. The van der Waals surface area contributed by atoms with Gasteiger partial charge in [-0.2, -0.15) is 0 Å². The summed E-state index contributed by atoms with van der Waals surface area (Å²) in [5.74, 6) is 0. The summed E-state index contributed by atoms with van der Waals surface area (Å²) in [7, 11) is -3.37. The summed E-state index contributed by atoms with van der Waals surface area (Å²) in [6, 6.07) is 8.59. The fourth-order valence-electron chi connectivity index (χ4n) is 2.53. The Hall–Kier alpha value is -1.13. The zero-order valence-corrected chi connectivity index (χ0v) is 12.0. The first-order chi connectivity index (χ1) is 9.05. The molecule has 1 aliphatic heterocycles. The van der Waals surface area contributed by atoms with E-state index >= 15 is 0 Å². The quantitative estimate of drug-likeness (QED) is 0.779. The van der Waals surface area contributed by atoms with Crippen molar-refractivity contribution in [2.75, 3.05) is 0 Å². The first kappa shape index (κ1) is 14.3. The maximum Gasteiger partial charge on any atom is 0.184 e. The Morgan fingerprint density at radius 1 is 1.37 bits per heavy atom. The van der Waals surface area contributed by atoms with Gasteiger partial charge in [0.05, 0.1) is 22.4 Å². The molecule has 104 valence electrons. The Morgan fingerprint density at radius 3 is 2.58 bits per heavy atom. The van der Waals surface area contributed by atoms with Crippen molar-refractivity contribution in [3.05, 3.63) is 43.0 Å². The van der Waals surface area contributed by atoms with Crippen LogP contribution in [0.25, 0.3) is 0 Å². The number of hydrogen-bond donors (Lipinski definition) is 0. The third kappa shape index (κ3) is 3.07. The van der Waals surface area contributed by atoms with Gasteiger partial charge in [0.2, 0.25) is 0 Å². The molecule has 0 bridgehead atoms. The number of sulfone groups is 1. The zero-order valence-electron chi connectivity index (χ0n) is 11.2. The van der Waals surface area contributed by atoms with Gasteiger partial charge in [0, 0.05) is 0 Å². The highest BCUT2D eigenvalue weighted by molar-refractivity contribution is 7.92. The van der Waals surface area contributed by atoms with Crippen molar-refractivity contribution in [1.29, 1.82) is 0 Å². The predicted molar refractivity (Wildman–Crippen MR) is 75.8 cm³/mol. The van der Waals surface area contributed by atoms with E-state index in [0.717, 1.165) is 12.8 Å². The van der Waals surface area contributed by atoms with Gasteiger partial charge in [-0.3, -0.25) is 0 Å². The molecule has 0 aliphatic carbocycles. The molecule has 4 heteroatoms. The molecular weight excluding hydrogens is 260 g/mol. The molecule has 0 aromatic heterocycles. The van der Waals surface area contributed by atoms with Gasteiger partial charge < -0.3 is 4.74 Å². The molecule has 3 atom stereocenters. The highest BCUT2D eigenvalue weighted by Gasteiger charge is 2.38. The summed E-state index contributed by atoms with van der Waals surface area (Å²) in [5.41, 5.74) is 0. The second-order valence-electron chi connectivity index (χ2n) is 4.98. The summed E-state index contributed by atoms with van der Waals surface area (Å²) < 4.78 is 31.1. The maximum absolute atomic E-state index is 12.7. The monoisotopic (exact) mass is 280 g/mol. The highest BCUT2D eigenvalue weighted by Crippen LogP contribution is 2.30. The van der Waals surface area contributed by atoms with Crippen LogP contribution in [0.1, 0.15) is 26.2 Å². The van der Waals surface area contributed by atoms with E-state index in [1.54, 1.807) is 30.3 Å². The lowest BCUT2D eigenvalue weighted by atomic mass is 10.1. The van der Waals surface area contributed by atoms with Gasteiger partial charge >= 0.3 is 0 Å². The Labute approximate surface area is 115 Å². The van der Waals surface area contributed by atoms with Gasteiger partial charge in [0.25, 0.3) is 0 Å². The van der Waals surface area contributed by atoms with Crippen molar-refractivity contribution in [3.8, 4) is 0 Å². The van der Waals surface area contributed by atoms with E-state index in [0.29, 0.717) is 11.3 Å². The van der Waals surface area contributed by atoms with E-state index in [-0.39, 0.29) is 12.2 Å². The van der Waals surface area contributed by atoms with E-state index in [1.807, 2.05) is 13.0 Å². The van der Waals surface area contributed by atoms with Crippen LogP contribution in [0.2, 0.25) is 0 Å². The average Bonchev–Trinajstić information content (AvgIpc) is 2.83. The van der Waals surface area contributed by atoms with Gasteiger partial charge in [-0.05, 0) is 38.3 Å². The second-order valence-corrected chi connectivity index (χ2v) is 7.15. The van der Waals surface area contributed by atoms with Gasteiger partial charge in [-0.1, -0.05) is 24.3 Å². The minimum Gasteiger partial charge on any atom is -0.374 e. The van der Waals surface area contributed by atoms with Gasteiger partial charge in [0.15, 0.2) is 9.84 Å². The molecule has 1 aromatic rings. The molecule has 1 heterocycles. The average molecular weight is 280 g/mol. The molecule has 3 nitrogen and oxygen atoms in total. The fourth-order valence-corrected chi connectivity index (χ4v) is 4.41. The molecular formula is C15H20O3S. The minimum absolute atomic E-state index is 0.142. The molecule has 0 amide bonds. The largest absolute Gasteiger partial charge is 0.374 e. The van der Waals surface area contributed by atoms with Crippen LogP contribution in [0.15, 0.2) is 47.9 Å². The van der Waals surface area contributed by atoms with Crippen molar-refractivity contribution < 1.29 is 13.2 Å². The van der Waals surface area contributed by atoms with Crippen molar-refractivity contribution >= 4 is 9.84 Å². The second kappa shape index (κ2) is 5.88. The van der Waals surface area contributed by atoms with Crippen molar-refractivity contribution in [2.24, 2.45) is 0 Å². The summed E-state index contributed by atoms with van der Waals surface area (Å²) in [5, 5.41) is -0.530. The summed E-state index contributed by atoms with van der Waals surface area (Å²) in [6.07, 6.45) is 3.72. The molecule has 0 N–H and O–H groups in total. The van der Waals surface area contributed by atoms with Crippen LogP contribution < -0.4 is 0 Å². The number of rotatable bonds is 5. The molecule has 2 rings (SSSR count). The number of ether oxygens (including phenoxy) is 1. The minimum atomic E-state index is -3.37.